The van der Waals surface area contributed by atoms with Crippen LogP contribution in [0.2, 0.25) is 5.15 Å². The van der Waals surface area contributed by atoms with E-state index in [1.165, 1.54) is 27.9 Å². The van der Waals surface area contributed by atoms with E-state index in [1.807, 2.05) is 0 Å². The van der Waals surface area contributed by atoms with Crippen molar-refractivity contribution in [1.82, 2.24) is 4.40 Å². The van der Waals surface area contributed by atoms with Crippen LogP contribution in [-0.2, 0) is 0 Å². The van der Waals surface area contributed by atoms with Gasteiger partial charge in [-0.3, -0.25) is 9.20 Å². The zero-order valence-electron chi connectivity index (χ0n) is 9.06. The van der Waals surface area contributed by atoms with Crippen LogP contribution in [0.5, 0.6) is 0 Å². The van der Waals surface area contributed by atoms with Crippen molar-refractivity contribution in [3.8, 4) is 11.1 Å². The van der Waals surface area contributed by atoms with Gasteiger partial charge in [0.25, 0.3) is 5.56 Å². The van der Waals surface area contributed by atoms with Gasteiger partial charge in [0, 0.05) is 10.9 Å². The van der Waals surface area contributed by atoms with E-state index in [0.29, 0.717) is 16.3 Å². The number of aromatic nitrogens is 1. The maximum absolute atomic E-state index is 13.2. The fourth-order valence-corrected chi connectivity index (χ4v) is 2.96. The number of rotatable bonds is 1. The molecular formula is C13H7ClFNOS. The van der Waals surface area contributed by atoms with E-state index >= 15 is 0 Å². The highest BCUT2D eigenvalue weighted by Crippen LogP contribution is 2.22. The molecule has 0 aliphatic rings. The Morgan fingerprint density at radius 1 is 1.22 bits per heavy atom. The van der Waals surface area contributed by atoms with E-state index in [9.17, 15) is 9.18 Å². The summed E-state index contributed by atoms with van der Waals surface area (Å²) in [5.74, 6) is -0.367. The monoisotopic (exact) mass is 279 g/mol. The first kappa shape index (κ1) is 11.4. The first-order valence-corrected chi connectivity index (χ1v) is 6.47. The zero-order chi connectivity index (χ0) is 12.7. The van der Waals surface area contributed by atoms with Gasteiger partial charge >= 0.3 is 0 Å². The maximum Gasteiger partial charge on any atom is 0.264 e. The van der Waals surface area contributed by atoms with Crippen molar-refractivity contribution < 1.29 is 4.39 Å². The van der Waals surface area contributed by atoms with Gasteiger partial charge in [0.1, 0.15) is 15.8 Å². The molecule has 2 nitrogen and oxygen atoms in total. The van der Waals surface area contributed by atoms with Gasteiger partial charge in [-0.25, -0.2) is 4.39 Å². The highest BCUT2D eigenvalue weighted by molar-refractivity contribution is 7.16. The van der Waals surface area contributed by atoms with E-state index in [2.05, 4.69) is 0 Å². The van der Waals surface area contributed by atoms with Crippen LogP contribution in [-0.4, -0.2) is 4.40 Å². The van der Waals surface area contributed by atoms with Gasteiger partial charge in [-0.1, -0.05) is 23.7 Å². The molecule has 0 fully saturated rings. The van der Waals surface area contributed by atoms with Gasteiger partial charge in [0.05, 0.1) is 0 Å². The average Bonchev–Trinajstić information content (AvgIpc) is 2.72. The Morgan fingerprint density at radius 2 is 2.06 bits per heavy atom. The number of fused-ring (bicyclic) bond motifs is 1. The summed E-state index contributed by atoms with van der Waals surface area (Å²) < 4.78 is 14.6. The third-order valence-corrected chi connectivity index (χ3v) is 3.98. The van der Waals surface area contributed by atoms with Gasteiger partial charge in [0.15, 0.2) is 0 Å². The fourth-order valence-electron chi connectivity index (χ4n) is 1.85. The van der Waals surface area contributed by atoms with Crippen LogP contribution < -0.4 is 5.56 Å². The van der Waals surface area contributed by atoms with Crippen LogP contribution in [0.1, 0.15) is 0 Å². The number of nitrogens with zero attached hydrogens (tertiary/aromatic N) is 1. The molecule has 1 aromatic carbocycles. The van der Waals surface area contributed by atoms with Crippen molar-refractivity contribution >= 4 is 27.8 Å². The molecule has 90 valence electrons. The lowest BCUT2D eigenvalue weighted by atomic mass is 10.1. The molecule has 0 unspecified atom stereocenters. The van der Waals surface area contributed by atoms with Gasteiger partial charge < -0.3 is 0 Å². The Hall–Kier alpha value is -1.65. The minimum absolute atomic E-state index is 0.232. The van der Waals surface area contributed by atoms with Crippen molar-refractivity contribution in [3.63, 3.8) is 0 Å². The van der Waals surface area contributed by atoms with Crippen LogP contribution in [0.15, 0.2) is 46.6 Å². The Bertz CT molecular complexity index is 793. The van der Waals surface area contributed by atoms with E-state index in [0.717, 1.165) is 4.83 Å². The molecule has 0 amide bonds. The second kappa shape index (κ2) is 4.23. The molecule has 2 aromatic heterocycles. The number of hydrogen-bond acceptors (Lipinski definition) is 2. The largest absolute Gasteiger partial charge is 0.268 e. The summed E-state index contributed by atoms with van der Waals surface area (Å²) in [5.41, 5.74) is 0.758. The predicted octanol–water partition coefficient (Wildman–Crippen LogP) is 3.82. The summed E-state index contributed by atoms with van der Waals surface area (Å²) in [6.07, 6.45) is 0. The number of benzene rings is 1. The summed E-state index contributed by atoms with van der Waals surface area (Å²) >= 11 is 7.36. The SMILES string of the molecule is O=c1c(-c2cccc(F)c2)ccc2scc(Cl)n12. The second-order valence-corrected chi connectivity index (χ2v) is 5.07. The van der Waals surface area contributed by atoms with E-state index < -0.39 is 0 Å². The minimum Gasteiger partial charge on any atom is -0.268 e. The molecule has 3 rings (SSSR count). The van der Waals surface area contributed by atoms with Crippen LogP contribution in [0.3, 0.4) is 0 Å². The minimum atomic E-state index is -0.367. The number of hydrogen-bond donors (Lipinski definition) is 0. The smallest absolute Gasteiger partial charge is 0.264 e. The van der Waals surface area contributed by atoms with E-state index in [-0.39, 0.29) is 11.4 Å². The summed E-state index contributed by atoms with van der Waals surface area (Å²) in [6.45, 7) is 0. The topological polar surface area (TPSA) is 21.5 Å². The van der Waals surface area contributed by atoms with Crippen LogP contribution in [0.25, 0.3) is 16.0 Å². The molecule has 0 saturated carbocycles. The van der Waals surface area contributed by atoms with Gasteiger partial charge in [0.2, 0.25) is 0 Å². The summed E-state index contributed by atoms with van der Waals surface area (Å²) in [5, 5.41) is 2.08. The fraction of sp³-hybridized carbons (Fsp3) is 0. The molecule has 0 saturated heterocycles. The predicted molar refractivity (Wildman–Crippen MR) is 71.9 cm³/mol. The van der Waals surface area contributed by atoms with Crippen LogP contribution >= 0.6 is 22.9 Å². The second-order valence-electron chi connectivity index (χ2n) is 3.79. The molecule has 5 heteroatoms. The first-order chi connectivity index (χ1) is 8.66. The van der Waals surface area contributed by atoms with Crippen molar-refractivity contribution in [3.05, 3.63) is 63.1 Å². The third kappa shape index (κ3) is 1.74. The van der Waals surface area contributed by atoms with Crippen LogP contribution in [0.4, 0.5) is 4.39 Å². The van der Waals surface area contributed by atoms with E-state index in [4.69, 9.17) is 11.6 Å². The molecule has 18 heavy (non-hydrogen) atoms. The average molecular weight is 280 g/mol. The zero-order valence-corrected chi connectivity index (χ0v) is 10.6. The lowest BCUT2D eigenvalue weighted by molar-refractivity contribution is 0.628. The normalized spacial score (nSPS) is 11.0. The van der Waals surface area contributed by atoms with E-state index in [1.54, 1.807) is 29.6 Å². The summed E-state index contributed by atoms with van der Waals surface area (Å²) in [7, 11) is 0. The number of halogens is 2. The molecule has 3 aromatic rings. The molecule has 0 spiro atoms. The molecular weight excluding hydrogens is 273 g/mol. The van der Waals surface area contributed by atoms with Crippen molar-refractivity contribution in [1.29, 1.82) is 0 Å². The Morgan fingerprint density at radius 3 is 2.83 bits per heavy atom. The number of pyridine rings is 1. The van der Waals surface area contributed by atoms with Crippen molar-refractivity contribution in [2.45, 2.75) is 0 Å². The molecule has 0 radical (unpaired) electrons. The van der Waals surface area contributed by atoms with Gasteiger partial charge in [-0.05, 0) is 29.8 Å². The Kier molecular flexibility index (Phi) is 2.69. The summed E-state index contributed by atoms with van der Waals surface area (Å²) in [4.78, 5) is 13.1. The summed E-state index contributed by atoms with van der Waals surface area (Å²) in [6, 6.07) is 9.46. The Labute approximate surface area is 111 Å². The van der Waals surface area contributed by atoms with Crippen LogP contribution in [0, 0.1) is 5.82 Å². The molecule has 0 atom stereocenters. The molecule has 0 N–H and O–H groups in total. The number of thiazole rings is 1. The van der Waals surface area contributed by atoms with Crippen molar-refractivity contribution in [2.75, 3.05) is 0 Å². The maximum atomic E-state index is 13.2. The Balaban J connectivity index is 2.34. The van der Waals surface area contributed by atoms with Gasteiger partial charge in [-0.15, -0.1) is 11.3 Å². The highest BCUT2D eigenvalue weighted by Gasteiger charge is 2.10. The quantitative estimate of drug-likeness (QED) is 0.663. The lowest BCUT2D eigenvalue weighted by Crippen LogP contribution is -2.14. The molecule has 2 heterocycles. The first-order valence-electron chi connectivity index (χ1n) is 5.21. The standard InChI is InChI=1S/C13H7ClFNOS/c14-11-7-18-12-5-4-10(13(17)16(11)12)8-2-1-3-9(15)6-8/h1-7H. The third-order valence-electron chi connectivity index (χ3n) is 2.67. The molecule has 0 aliphatic carbocycles. The lowest BCUT2D eigenvalue weighted by Gasteiger charge is -2.02. The molecule has 0 bridgehead atoms. The molecule has 0 aliphatic heterocycles. The van der Waals surface area contributed by atoms with Crippen molar-refractivity contribution in [2.24, 2.45) is 0 Å². The highest BCUT2D eigenvalue weighted by atomic mass is 35.5. The van der Waals surface area contributed by atoms with Gasteiger partial charge in [-0.2, -0.15) is 0 Å².